The fraction of sp³-hybridized carbons (Fsp3) is 0.500. The molecule has 0 saturated carbocycles. The Bertz CT molecular complexity index is 378. The lowest BCUT2D eigenvalue weighted by atomic mass is 10.00. The van der Waals surface area contributed by atoms with E-state index < -0.39 is 0 Å². The van der Waals surface area contributed by atoms with E-state index in [9.17, 15) is 4.39 Å². The number of rotatable bonds is 4. The van der Waals surface area contributed by atoms with Crippen molar-refractivity contribution < 1.29 is 4.39 Å². The van der Waals surface area contributed by atoms with E-state index in [4.69, 9.17) is 17.3 Å². The maximum atomic E-state index is 13.4. The summed E-state index contributed by atoms with van der Waals surface area (Å²) in [6.45, 7) is 6.28. The van der Waals surface area contributed by atoms with E-state index >= 15 is 0 Å². The van der Waals surface area contributed by atoms with Crippen molar-refractivity contribution in [3.05, 3.63) is 28.5 Å². The molecule has 0 spiro atoms. The van der Waals surface area contributed by atoms with Gasteiger partial charge in [-0.2, -0.15) is 0 Å². The summed E-state index contributed by atoms with van der Waals surface area (Å²) in [7, 11) is 0. The van der Waals surface area contributed by atoms with E-state index in [1.54, 1.807) is 13.0 Å². The third-order valence-electron chi connectivity index (χ3n) is 2.49. The van der Waals surface area contributed by atoms with Gasteiger partial charge in [0.25, 0.3) is 0 Å². The molecular weight excluding hydrogens is 227 g/mol. The van der Waals surface area contributed by atoms with Gasteiger partial charge in [-0.25, -0.2) is 4.39 Å². The average Bonchev–Trinajstić information content (AvgIpc) is 2.13. The molecule has 0 aliphatic rings. The quantitative estimate of drug-likeness (QED) is 0.853. The number of hydrogen-bond acceptors (Lipinski definition) is 2. The van der Waals surface area contributed by atoms with Crippen LogP contribution in [0.15, 0.2) is 12.1 Å². The number of halogens is 2. The molecule has 3 N–H and O–H groups in total. The molecule has 0 saturated heterocycles. The molecule has 0 radical (unpaired) electrons. The summed E-state index contributed by atoms with van der Waals surface area (Å²) in [5.74, 6) is -0.254. The highest BCUT2D eigenvalue weighted by Gasteiger charge is 2.18. The molecule has 16 heavy (non-hydrogen) atoms. The molecule has 0 bridgehead atoms. The van der Waals surface area contributed by atoms with Crippen molar-refractivity contribution in [1.82, 2.24) is 0 Å². The van der Waals surface area contributed by atoms with Gasteiger partial charge in [0.2, 0.25) is 0 Å². The van der Waals surface area contributed by atoms with Gasteiger partial charge in [-0.3, -0.25) is 0 Å². The summed E-state index contributed by atoms with van der Waals surface area (Å²) in [5.41, 5.74) is 6.48. The second-order valence-electron chi connectivity index (χ2n) is 4.63. The highest BCUT2D eigenvalue weighted by atomic mass is 35.5. The number of benzene rings is 1. The Hall–Kier alpha value is -0.800. The average molecular weight is 245 g/mol. The number of hydrogen-bond donors (Lipinski definition) is 2. The van der Waals surface area contributed by atoms with Crippen LogP contribution in [0.1, 0.15) is 25.8 Å². The van der Waals surface area contributed by atoms with Crippen molar-refractivity contribution in [2.75, 3.05) is 11.9 Å². The molecule has 1 rings (SSSR count). The lowest BCUT2D eigenvalue weighted by molar-refractivity contribution is 0.525. The summed E-state index contributed by atoms with van der Waals surface area (Å²) in [4.78, 5) is 0. The summed E-state index contributed by atoms with van der Waals surface area (Å²) >= 11 is 6.05. The van der Waals surface area contributed by atoms with Crippen molar-refractivity contribution in [2.45, 2.75) is 32.7 Å². The molecule has 0 amide bonds. The van der Waals surface area contributed by atoms with E-state index in [0.29, 0.717) is 22.8 Å². The Balaban J connectivity index is 2.93. The predicted octanol–water partition coefficient (Wildman–Crippen LogP) is 3.33. The number of nitrogens with one attached hydrogen (secondary N) is 1. The number of anilines is 1. The second-order valence-corrected chi connectivity index (χ2v) is 5.04. The van der Waals surface area contributed by atoms with Gasteiger partial charge in [0, 0.05) is 5.54 Å². The van der Waals surface area contributed by atoms with Crippen molar-refractivity contribution in [3.8, 4) is 0 Å². The van der Waals surface area contributed by atoms with Gasteiger partial charge in [0.1, 0.15) is 5.82 Å². The summed E-state index contributed by atoms with van der Waals surface area (Å²) < 4.78 is 13.4. The highest BCUT2D eigenvalue weighted by Crippen LogP contribution is 2.28. The monoisotopic (exact) mass is 244 g/mol. The van der Waals surface area contributed by atoms with Crippen LogP contribution in [0.25, 0.3) is 0 Å². The van der Waals surface area contributed by atoms with E-state index in [-0.39, 0.29) is 11.4 Å². The Morgan fingerprint density at radius 3 is 2.62 bits per heavy atom. The second kappa shape index (κ2) is 5.02. The summed E-state index contributed by atoms with van der Waals surface area (Å²) in [5, 5.41) is 3.74. The van der Waals surface area contributed by atoms with E-state index in [1.165, 1.54) is 6.07 Å². The molecule has 0 aliphatic carbocycles. The van der Waals surface area contributed by atoms with Crippen LogP contribution in [0.3, 0.4) is 0 Å². The van der Waals surface area contributed by atoms with Gasteiger partial charge < -0.3 is 11.1 Å². The molecule has 0 aliphatic heterocycles. The first-order chi connectivity index (χ1) is 7.35. The molecule has 0 aromatic heterocycles. The minimum absolute atomic E-state index is 0.194. The molecule has 0 atom stereocenters. The molecule has 0 unspecified atom stereocenters. The van der Waals surface area contributed by atoms with Crippen LogP contribution in [-0.2, 0) is 0 Å². The molecule has 2 nitrogen and oxygen atoms in total. The number of aryl methyl sites for hydroxylation is 1. The van der Waals surface area contributed by atoms with Crippen molar-refractivity contribution in [3.63, 3.8) is 0 Å². The molecule has 1 aromatic carbocycles. The maximum absolute atomic E-state index is 13.4. The smallest absolute Gasteiger partial charge is 0.128 e. The minimum atomic E-state index is -0.254. The fourth-order valence-corrected chi connectivity index (χ4v) is 1.80. The summed E-state index contributed by atoms with van der Waals surface area (Å²) in [6.07, 6.45) is 0.791. The van der Waals surface area contributed by atoms with Crippen LogP contribution in [0.5, 0.6) is 0 Å². The van der Waals surface area contributed by atoms with Gasteiger partial charge in [-0.1, -0.05) is 11.6 Å². The van der Waals surface area contributed by atoms with Crippen molar-refractivity contribution in [2.24, 2.45) is 5.73 Å². The molecular formula is C12H18ClFN2. The summed E-state index contributed by atoms with van der Waals surface area (Å²) in [6, 6.07) is 3.05. The van der Waals surface area contributed by atoms with Crippen LogP contribution in [0, 0.1) is 12.7 Å². The molecule has 0 fully saturated rings. The molecule has 0 heterocycles. The Kier molecular flexibility index (Phi) is 4.16. The third-order valence-corrected chi connectivity index (χ3v) is 2.80. The SMILES string of the molecule is Cc1cc(Cl)c(NC(C)(C)CCN)cc1F. The van der Waals surface area contributed by atoms with Crippen LogP contribution in [0.4, 0.5) is 10.1 Å². The van der Waals surface area contributed by atoms with E-state index in [0.717, 1.165) is 6.42 Å². The van der Waals surface area contributed by atoms with Crippen LogP contribution in [0.2, 0.25) is 5.02 Å². The Morgan fingerprint density at radius 2 is 2.06 bits per heavy atom. The Morgan fingerprint density at radius 1 is 1.44 bits per heavy atom. The van der Waals surface area contributed by atoms with Crippen molar-refractivity contribution >= 4 is 17.3 Å². The maximum Gasteiger partial charge on any atom is 0.128 e. The van der Waals surface area contributed by atoms with Crippen LogP contribution >= 0.6 is 11.6 Å². The first kappa shape index (κ1) is 13.3. The fourth-order valence-electron chi connectivity index (χ4n) is 1.53. The normalized spacial score (nSPS) is 11.6. The molecule has 90 valence electrons. The zero-order valence-electron chi connectivity index (χ0n) is 9.90. The first-order valence-corrected chi connectivity index (χ1v) is 5.67. The highest BCUT2D eigenvalue weighted by molar-refractivity contribution is 6.33. The predicted molar refractivity (Wildman–Crippen MR) is 67.5 cm³/mol. The lowest BCUT2D eigenvalue weighted by Crippen LogP contribution is -2.33. The standard InChI is InChI=1S/C12H18ClFN2/c1-8-6-9(13)11(7-10(8)14)16-12(2,3)4-5-15/h6-7,16H,4-5,15H2,1-3H3. The molecule has 4 heteroatoms. The minimum Gasteiger partial charge on any atom is -0.379 e. The van der Waals surface area contributed by atoms with Crippen molar-refractivity contribution in [1.29, 1.82) is 0 Å². The van der Waals surface area contributed by atoms with Gasteiger partial charge in [0.15, 0.2) is 0 Å². The molecule has 1 aromatic rings. The van der Waals surface area contributed by atoms with E-state index in [1.807, 2.05) is 13.8 Å². The van der Waals surface area contributed by atoms with Gasteiger partial charge >= 0.3 is 0 Å². The lowest BCUT2D eigenvalue weighted by Gasteiger charge is -2.27. The topological polar surface area (TPSA) is 38.0 Å². The van der Waals surface area contributed by atoms with Gasteiger partial charge in [0.05, 0.1) is 10.7 Å². The van der Waals surface area contributed by atoms with Gasteiger partial charge in [-0.15, -0.1) is 0 Å². The van der Waals surface area contributed by atoms with Crippen LogP contribution in [-0.4, -0.2) is 12.1 Å². The zero-order valence-corrected chi connectivity index (χ0v) is 10.7. The van der Waals surface area contributed by atoms with Crippen LogP contribution < -0.4 is 11.1 Å². The number of nitrogens with two attached hydrogens (primary N) is 1. The first-order valence-electron chi connectivity index (χ1n) is 5.29. The third kappa shape index (κ3) is 3.35. The zero-order chi connectivity index (χ0) is 12.3. The van der Waals surface area contributed by atoms with Gasteiger partial charge in [-0.05, 0) is 51.4 Å². The Labute approximate surface area is 101 Å². The largest absolute Gasteiger partial charge is 0.379 e. The van der Waals surface area contributed by atoms with E-state index in [2.05, 4.69) is 5.32 Å².